The van der Waals surface area contributed by atoms with E-state index in [2.05, 4.69) is 11.9 Å². The van der Waals surface area contributed by atoms with Gasteiger partial charge in [-0.15, -0.1) is 6.58 Å². The summed E-state index contributed by atoms with van der Waals surface area (Å²) in [6.45, 7) is 7.44. The SMILES string of the molecule is C=CC(C)NC(=O)c1cscc1C. The molecule has 2 nitrogen and oxygen atoms in total. The minimum atomic E-state index is -0.0221. The zero-order valence-corrected chi connectivity index (χ0v) is 8.65. The number of amides is 1. The van der Waals surface area contributed by atoms with Gasteiger partial charge < -0.3 is 5.32 Å². The Morgan fingerprint density at radius 2 is 2.38 bits per heavy atom. The third-order valence-electron chi connectivity index (χ3n) is 1.81. The molecule has 1 aromatic heterocycles. The lowest BCUT2D eigenvalue weighted by Gasteiger charge is -2.08. The molecule has 0 spiro atoms. The maximum atomic E-state index is 11.5. The van der Waals surface area contributed by atoms with Gasteiger partial charge in [-0.2, -0.15) is 11.3 Å². The van der Waals surface area contributed by atoms with Crippen LogP contribution in [0.4, 0.5) is 0 Å². The number of nitrogens with one attached hydrogen (secondary N) is 1. The van der Waals surface area contributed by atoms with Gasteiger partial charge in [-0.1, -0.05) is 6.08 Å². The Morgan fingerprint density at radius 3 is 2.85 bits per heavy atom. The van der Waals surface area contributed by atoms with Crippen LogP contribution in [0.3, 0.4) is 0 Å². The van der Waals surface area contributed by atoms with Crippen molar-refractivity contribution in [1.29, 1.82) is 0 Å². The quantitative estimate of drug-likeness (QED) is 0.737. The van der Waals surface area contributed by atoms with Crippen LogP contribution in [0.5, 0.6) is 0 Å². The van der Waals surface area contributed by atoms with Crippen molar-refractivity contribution in [2.24, 2.45) is 0 Å². The molecule has 1 unspecified atom stereocenters. The van der Waals surface area contributed by atoms with E-state index in [9.17, 15) is 4.79 Å². The minimum Gasteiger partial charge on any atom is -0.346 e. The largest absolute Gasteiger partial charge is 0.346 e. The summed E-state index contributed by atoms with van der Waals surface area (Å²) in [5.74, 6) is -0.0221. The topological polar surface area (TPSA) is 29.1 Å². The minimum absolute atomic E-state index is 0.0202. The molecule has 0 radical (unpaired) electrons. The first kappa shape index (κ1) is 9.99. The molecule has 0 aliphatic heterocycles. The Bertz CT molecular complexity index is 316. The van der Waals surface area contributed by atoms with Gasteiger partial charge in [0.05, 0.1) is 5.56 Å². The molecule has 1 atom stereocenters. The Kier molecular flexibility index (Phi) is 3.25. The third-order valence-corrected chi connectivity index (χ3v) is 2.67. The lowest BCUT2D eigenvalue weighted by Crippen LogP contribution is -2.30. The summed E-state index contributed by atoms with van der Waals surface area (Å²) in [6, 6.07) is 0.0202. The first-order valence-corrected chi connectivity index (χ1v) is 5.05. The normalized spacial score (nSPS) is 12.2. The molecule has 1 rings (SSSR count). The van der Waals surface area contributed by atoms with Crippen LogP contribution in [0.15, 0.2) is 23.4 Å². The fourth-order valence-corrected chi connectivity index (χ4v) is 1.76. The summed E-state index contributed by atoms with van der Waals surface area (Å²) in [6.07, 6.45) is 1.71. The van der Waals surface area contributed by atoms with Crippen molar-refractivity contribution in [2.45, 2.75) is 19.9 Å². The fourth-order valence-electron chi connectivity index (χ4n) is 0.937. The van der Waals surface area contributed by atoms with Crippen LogP contribution in [-0.2, 0) is 0 Å². The van der Waals surface area contributed by atoms with Gasteiger partial charge in [0.1, 0.15) is 0 Å². The van der Waals surface area contributed by atoms with E-state index >= 15 is 0 Å². The summed E-state index contributed by atoms with van der Waals surface area (Å²) < 4.78 is 0. The second kappa shape index (κ2) is 4.23. The average Bonchev–Trinajstić information content (AvgIpc) is 2.51. The van der Waals surface area contributed by atoms with Gasteiger partial charge >= 0.3 is 0 Å². The number of hydrogen-bond acceptors (Lipinski definition) is 2. The maximum absolute atomic E-state index is 11.5. The molecule has 0 aliphatic rings. The molecule has 1 amide bonds. The first-order valence-electron chi connectivity index (χ1n) is 4.11. The molecule has 1 N–H and O–H groups in total. The molecule has 0 bridgehead atoms. The molecule has 0 saturated carbocycles. The van der Waals surface area contributed by atoms with Crippen LogP contribution in [0.1, 0.15) is 22.8 Å². The first-order chi connectivity index (χ1) is 6.15. The van der Waals surface area contributed by atoms with E-state index in [4.69, 9.17) is 0 Å². The number of thiophene rings is 1. The number of aryl methyl sites for hydroxylation is 1. The number of rotatable bonds is 3. The highest BCUT2D eigenvalue weighted by atomic mass is 32.1. The molecular weight excluding hydrogens is 182 g/mol. The van der Waals surface area contributed by atoms with Crippen molar-refractivity contribution >= 4 is 17.2 Å². The Hall–Kier alpha value is -1.09. The van der Waals surface area contributed by atoms with E-state index in [0.717, 1.165) is 11.1 Å². The molecule has 1 aromatic rings. The lowest BCUT2D eigenvalue weighted by atomic mass is 10.2. The second-order valence-corrected chi connectivity index (χ2v) is 3.71. The highest BCUT2D eigenvalue weighted by molar-refractivity contribution is 7.08. The summed E-state index contributed by atoms with van der Waals surface area (Å²) in [5.41, 5.74) is 1.79. The highest BCUT2D eigenvalue weighted by Crippen LogP contribution is 2.13. The number of hydrogen-bond donors (Lipinski definition) is 1. The summed E-state index contributed by atoms with van der Waals surface area (Å²) in [5, 5.41) is 6.65. The third kappa shape index (κ3) is 2.42. The van der Waals surface area contributed by atoms with Gasteiger partial charge in [0, 0.05) is 11.4 Å². The Balaban J connectivity index is 2.69. The predicted octanol–water partition coefficient (Wildman–Crippen LogP) is 2.36. The summed E-state index contributed by atoms with van der Waals surface area (Å²) in [4.78, 5) is 11.5. The van der Waals surface area contributed by atoms with Crippen molar-refractivity contribution in [2.75, 3.05) is 0 Å². The van der Waals surface area contributed by atoms with E-state index < -0.39 is 0 Å². The van der Waals surface area contributed by atoms with E-state index in [-0.39, 0.29) is 11.9 Å². The standard InChI is InChI=1S/C10H13NOS/c1-4-8(3)11-10(12)9-6-13-5-7(9)2/h4-6,8H,1H2,2-3H3,(H,11,12). The summed E-state index contributed by atoms with van der Waals surface area (Å²) in [7, 11) is 0. The molecule has 0 aromatic carbocycles. The second-order valence-electron chi connectivity index (χ2n) is 2.97. The molecular formula is C10H13NOS. The van der Waals surface area contributed by atoms with Crippen molar-refractivity contribution in [3.8, 4) is 0 Å². The summed E-state index contributed by atoms with van der Waals surface area (Å²) >= 11 is 1.54. The van der Waals surface area contributed by atoms with Crippen LogP contribution >= 0.6 is 11.3 Å². The highest BCUT2D eigenvalue weighted by Gasteiger charge is 2.10. The molecule has 0 saturated heterocycles. The van der Waals surface area contributed by atoms with E-state index in [1.165, 1.54) is 0 Å². The molecule has 0 aliphatic carbocycles. The molecule has 70 valence electrons. The zero-order valence-electron chi connectivity index (χ0n) is 7.83. The van der Waals surface area contributed by atoms with Crippen molar-refractivity contribution < 1.29 is 4.79 Å². The monoisotopic (exact) mass is 195 g/mol. The molecule has 13 heavy (non-hydrogen) atoms. The van der Waals surface area contributed by atoms with Gasteiger partial charge in [0.25, 0.3) is 5.91 Å². The van der Waals surface area contributed by atoms with E-state index in [0.29, 0.717) is 0 Å². The maximum Gasteiger partial charge on any atom is 0.252 e. The van der Waals surface area contributed by atoms with Crippen LogP contribution in [0.2, 0.25) is 0 Å². The van der Waals surface area contributed by atoms with Crippen LogP contribution < -0.4 is 5.32 Å². The van der Waals surface area contributed by atoms with Crippen molar-refractivity contribution in [1.82, 2.24) is 5.32 Å². The zero-order chi connectivity index (χ0) is 9.84. The van der Waals surface area contributed by atoms with E-state index in [1.807, 2.05) is 24.6 Å². The fraction of sp³-hybridized carbons (Fsp3) is 0.300. The number of carbonyl (C=O) groups is 1. The van der Waals surface area contributed by atoms with Crippen LogP contribution in [0, 0.1) is 6.92 Å². The van der Waals surface area contributed by atoms with Gasteiger partial charge in [-0.05, 0) is 24.8 Å². The smallest absolute Gasteiger partial charge is 0.252 e. The predicted molar refractivity (Wildman–Crippen MR) is 56.2 cm³/mol. The Morgan fingerprint density at radius 1 is 1.69 bits per heavy atom. The lowest BCUT2D eigenvalue weighted by molar-refractivity contribution is 0.0947. The molecule has 0 fully saturated rings. The average molecular weight is 195 g/mol. The van der Waals surface area contributed by atoms with Crippen LogP contribution in [-0.4, -0.2) is 11.9 Å². The molecule has 1 heterocycles. The van der Waals surface area contributed by atoms with Crippen molar-refractivity contribution in [3.05, 3.63) is 34.5 Å². The number of carbonyl (C=O) groups excluding carboxylic acids is 1. The van der Waals surface area contributed by atoms with E-state index in [1.54, 1.807) is 17.4 Å². The van der Waals surface area contributed by atoms with Crippen LogP contribution in [0.25, 0.3) is 0 Å². The van der Waals surface area contributed by atoms with Gasteiger partial charge in [-0.25, -0.2) is 0 Å². The van der Waals surface area contributed by atoms with Crippen molar-refractivity contribution in [3.63, 3.8) is 0 Å². The van der Waals surface area contributed by atoms with Gasteiger partial charge in [0.2, 0.25) is 0 Å². The Labute approximate surface area is 82.3 Å². The van der Waals surface area contributed by atoms with Gasteiger partial charge in [-0.3, -0.25) is 4.79 Å². The van der Waals surface area contributed by atoms with Gasteiger partial charge in [0.15, 0.2) is 0 Å². The molecule has 3 heteroatoms.